The Morgan fingerprint density at radius 1 is 1.38 bits per heavy atom. The number of carbonyl (C=O) groups excluding carboxylic acids is 3. The van der Waals surface area contributed by atoms with Crippen molar-refractivity contribution < 1.29 is 24.2 Å². The predicted octanol–water partition coefficient (Wildman–Crippen LogP) is 0.628. The first-order valence-corrected chi connectivity index (χ1v) is 6.75. The molecular formula is C15H17NO5. The van der Waals surface area contributed by atoms with E-state index < -0.39 is 29.9 Å². The van der Waals surface area contributed by atoms with E-state index in [-0.39, 0.29) is 19.4 Å². The lowest BCUT2D eigenvalue weighted by molar-refractivity contribution is -0.161. The number of hydrogen-bond acceptors (Lipinski definition) is 5. The van der Waals surface area contributed by atoms with Gasteiger partial charge in [-0.2, -0.15) is 0 Å². The average molecular weight is 291 g/mol. The number of rotatable bonds is 4. The Labute approximate surface area is 122 Å². The number of aliphatic hydroxyl groups excluding tert-OH is 1. The Morgan fingerprint density at radius 3 is 2.67 bits per heavy atom. The summed E-state index contributed by atoms with van der Waals surface area (Å²) in [4.78, 5) is 36.4. The minimum atomic E-state index is -1.32. The van der Waals surface area contributed by atoms with Gasteiger partial charge < -0.3 is 9.84 Å². The van der Waals surface area contributed by atoms with E-state index in [0.717, 1.165) is 10.5 Å². The fourth-order valence-corrected chi connectivity index (χ4v) is 2.21. The summed E-state index contributed by atoms with van der Waals surface area (Å²) in [6.45, 7) is 1.35. The molecule has 2 atom stereocenters. The van der Waals surface area contributed by atoms with Gasteiger partial charge >= 0.3 is 5.97 Å². The zero-order valence-electron chi connectivity index (χ0n) is 11.7. The zero-order chi connectivity index (χ0) is 15.4. The molecule has 1 fully saturated rings. The Morgan fingerprint density at radius 2 is 2.05 bits per heavy atom. The minimum absolute atomic E-state index is 0.0844. The molecule has 1 aromatic carbocycles. The van der Waals surface area contributed by atoms with Gasteiger partial charge in [-0.25, -0.2) is 4.79 Å². The molecule has 2 unspecified atom stereocenters. The molecule has 1 N–H and O–H groups in total. The van der Waals surface area contributed by atoms with Crippen molar-refractivity contribution in [3.8, 4) is 0 Å². The lowest BCUT2D eigenvalue weighted by atomic mass is 10.2. The number of aliphatic hydroxyl groups is 1. The van der Waals surface area contributed by atoms with Crippen molar-refractivity contribution in [2.45, 2.75) is 38.5 Å². The topological polar surface area (TPSA) is 83.9 Å². The molecule has 1 heterocycles. The number of imide groups is 1. The van der Waals surface area contributed by atoms with Crippen LogP contribution in [0.5, 0.6) is 0 Å². The second-order valence-electron chi connectivity index (χ2n) is 4.93. The molecule has 1 aliphatic heterocycles. The van der Waals surface area contributed by atoms with Crippen LogP contribution in [0.2, 0.25) is 0 Å². The van der Waals surface area contributed by atoms with Crippen LogP contribution in [-0.4, -0.2) is 39.9 Å². The van der Waals surface area contributed by atoms with Gasteiger partial charge in [0.2, 0.25) is 5.91 Å². The van der Waals surface area contributed by atoms with E-state index in [9.17, 15) is 19.5 Å². The predicted molar refractivity (Wildman–Crippen MR) is 72.8 cm³/mol. The molecule has 6 heteroatoms. The van der Waals surface area contributed by atoms with Gasteiger partial charge in [0, 0.05) is 6.42 Å². The van der Waals surface area contributed by atoms with E-state index >= 15 is 0 Å². The maximum atomic E-state index is 12.1. The van der Waals surface area contributed by atoms with Crippen LogP contribution in [0.1, 0.15) is 25.3 Å². The zero-order valence-corrected chi connectivity index (χ0v) is 11.7. The van der Waals surface area contributed by atoms with Crippen molar-refractivity contribution in [1.82, 2.24) is 4.90 Å². The highest BCUT2D eigenvalue weighted by atomic mass is 16.5. The molecule has 1 saturated heterocycles. The van der Waals surface area contributed by atoms with Gasteiger partial charge in [-0.1, -0.05) is 30.3 Å². The molecule has 1 aliphatic rings. The standard InChI is InChI=1S/C15H17NO5/c1-10(17)14(19)16-12(7-8-13(16)18)15(20)21-9-11-5-3-2-4-6-11/h2-6,10,12,17H,7-9H2,1H3. The molecule has 2 rings (SSSR count). The number of benzene rings is 1. The number of amides is 2. The second-order valence-corrected chi connectivity index (χ2v) is 4.93. The summed E-state index contributed by atoms with van der Waals surface area (Å²) >= 11 is 0. The van der Waals surface area contributed by atoms with Crippen LogP contribution in [0.25, 0.3) is 0 Å². The molecule has 0 saturated carbocycles. The summed E-state index contributed by atoms with van der Waals surface area (Å²) in [7, 11) is 0. The largest absolute Gasteiger partial charge is 0.459 e. The highest BCUT2D eigenvalue weighted by Crippen LogP contribution is 2.21. The van der Waals surface area contributed by atoms with Crippen LogP contribution in [0.15, 0.2) is 30.3 Å². The first kappa shape index (κ1) is 15.2. The molecule has 112 valence electrons. The lowest BCUT2D eigenvalue weighted by Gasteiger charge is -2.22. The normalized spacial score (nSPS) is 19.4. The van der Waals surface area contributed by atoms with Gasteiger partial charge in [0.15, 0.2) is 0 Å². The molecule has 0 bridgehead atoms. The number of likely N-dealkylation sites (tertiary alicyclic amines) is 1. The van der Waals surface area contributed by atoms with Gasteiger partial charge in [-0.15, -0.1) is 0 Å². The van der Waals surface area contributed by atoms with Crippen LogP contribution in [0.3, 0.4) is 0 Å². The summed E-state index contributed by atoms with van der Waals surface area (Å²) < 4.78 is 5.15. The van der Waals surface area contributed by atoms with E-state index in [1.54, 1.807) is 0 Å². The number of carbonyl (C=O) groups is 3. The summed E-state index contributed by atoms with van der Waals surface area (Å²) in [5, 5.41) is 9.31. The first-order valence-electron chi connectivity index (χ1n) is 6.75. The molecule has 0 aromatic heterocycles. The van der Waals surface area contributed by atoms with Gasteiger partial charge in [0.1, 0.15) is 18.8 Å². The number of esters is 1. The molecule has 0 spiro atoms. The molecule has 1 aromatic rings. The number of nitrogens with zero attached hydrogens (tertiary/aromatic N) is 1. The van der Waals surface area contributed by atoms with Crippen LogP contribution in [0, 0.1) is 0 Å². The fourth-order valence-electron chi connectivity index (χ4n) is 2.21. The maximum Gasteiger partial charge on any atom is 0.329 e. The molecular weight excluding hydrogens is 274 g/mol. The average Bonchev–Trinajstić information content (AvgIpc) is 2.86. The van der Waals surface area contributed by atoms with Crippen molar-refractivity contribution in [2.75, 3.05) is 0 Å². The van der Waals surface area contributed by atoms with Crippen molar-refractivity contribution >= 4 is 17.8 Å². The van der Waals surface area contributed by atoms with Gasteiger partial charge in [0.05, 0.1) is 0 Å². The third-order valence-corrected chi connectivity index (χ3v) is 3.30. The van der Waals surface area contributed by atoms with Crippen molar-refractivity contribution in [1.29, 1.82) is 0 Å². The van der Waals surface area contributed by atoms with E-state index in [1.165, 1.54) is 6.92 Å². The maximum absolute atomic E-state index is 12.1. The fraction of sp³-hybridized carbons (Fsp3) is 0.400. The minimum Gasteiger partial charge on any atom is -0.459 e. The van der Waals surface area contributed by atoms with Crippen LogP contribution in [0.4, 0.5) is 0 Å². The smallest absolute Gasteiger partial charge is 0.329 e. The third-order valence-electron chi connectivity index (χ3n) is 3.30. The number of ether oxygens (including phenoxy) is 1. The summed E-state index contributed by atoms with van der Waals surface area (Å²) in [5.41, 5.74) is 0.823. The van der Waals surface area contributed by atoms with Crippen LogP contribution >= 0.6 is 0 Å². The Kier molecular flexibility index (Phi) is 4.70. The van der Waals surface area contributed by atoms with Crippen molar-refractivity contribution in [3.05, 3.63) is 35.9 Å². The first-order chi connectivity index (χ1) is 10.0. The van der Waals surface area contributed by atoms with E-state index in [4.69, 9.17) is 4.74 Å². The summed E-state index contributed by atoms with van der Waals surface area (Å²) in [6, 6.07) is 8.18. The second kappa shape index (κ2) is 6.49. The SMILES string of the molecule is CC(O)C(=O)N1C(=O)CCC1C(=O)OCc1ccccc1. The Hall–Kier alpha value is -2.21. The lowest BCUT2D eigenvalue weighted by Crippen LogP contribution is -2.47. The molecule has 0 radical (unpaired) electrons. The van der Waals surface area contributed by atoms with Gasteiger partial charge in [-0.3, -0.25) is 14.5 Å². The van der Waals surface area contributed by atoms with Gasteiger partial charge in [-0.05, 0) is 18.9 Å². The Balaban J connectivity index is 2.01. The Bertz CT molecular complexity index is 540. The quantitative estimate of drug-likeness (QED) is 0.822. The summed E-state index contributed by atoms with van der Waals surface area (Å²) in [6.07, 6.45) is -0.995. The van der Waals surface area contributed by atoms with E-state index in [1.807, 2.05) is 30.3 Å². The van der Waals surface area contributed by atoms with E-state index in [0.29, 0.717) is 0 Å². The van der Waals surface area contributed by atoms with Gasteiger partial charge in [0.25, 0.3) is 5.91 Å². The monoisotopic (exact) mass is 291 g/mol. The molecule has 21 heavy (non-hydrogen) atoms. The van der Waals surface area contributed by atoms with E-state index in [2.05, 4.69) is 0 Å². The van der Waals surface area contributed by atoms with Crippen molar-refractivity contribution in [3.63, 3.8) is 0 Å². The van der Waals surface area contributed by atoms with Crippen LogP contribution in [-0.2, 0) is 25.7 Å². The molecule has 6 nitrogen and oxygen atoms in total. The highest BCUT2D eigenvalue weighted by Gasteiger charge is 2.42. The summed E-state index contributed by atoms with van der Waals surface area (Å²) in [5.74, 6) is -1.85. The highest BCUT2D eigenvalue weighted by molar-refractivity contribution is 6.03. The third kappa shape index (κ3) is 3.46. The molecule has 0 aliphatic carbocycles. The molecule has 2 amide bonds. The number of hydrogen-bond donors (Lipinski definition) is 1. The van der Waals surface area contributed by atoms with Crippen LogP contribution < -0.4 is 0 Å². The van der Waals surface area contributed by atoms with Crippen molar-refractivity contribution in [2.24, 2.45) is 0 Å².